The van der Waals surface area contributed by atoms with Crippen LogP contribution in [0.5, 0.6) is 0 Å². The Bertz CT molecular complexity index is 983. The molecule has 5 nitrogen and oxygen atoms in total. The van der Waals surface area contributed by atoms with E-state index < -0.39 is 0 Å². The molecule has 1 atom stereocenters. The minimum atomic E-state index is -0.00407. The fourth-order valence-corrected chi connectivity index (χ4v) is 4.26. The maximum atomic E-state index is 13.1. The second-order valence-corrected chi connectivity index (χ2v) is 8.08. The number of carbonyl (C=O) groups excluding carboxylic acids is 1. The van der Waals surface area contributed by atoms with Crippen LogP contribution in [0, 0.1) is 12.8 Å². The van der Waals surface area contributed by atoms with Crippen molar-refractivity contribution in [3.05, 3.63) is 53.8 Å². The molecule has 5 rings (SSSR count). The highest BCUT2D eigenvalue weighted by Gasteiger charge is 2.31. The van der Waals surface area contributed by atoms with Gasteiger partial charge in [-0.15, -0.1) is 0 Å². The third-order valence-corrected chi connectivity index (χ3v) is 5.93. The van der Waals surface area contributed by atoms with Crippen LogP contribution in [-0.2, 0) is 6.54 Å². The largest absolute Gasteiger partial charge is 0.451 e. The number of imidazole rings is 1. The Morgan fingerprint density at radius 1 is 1.30 bits per heavy atom. The van der Waals surface area contributed by atoms with Gasteiger partial charge in [-0.1, -0.05) is 18.2 Å². The van der Waals surface area contributed by atoms with Gasteiger partial charge in [0.05, 0.1) is 0 Å². The highest BCUT2D eigenvalue weighted by molar-refractivity contribution is 5.96. The molecule has 2 aliphatic rings. The van der Waals surface area contributed by atoms with Crippen molar-refractivity contribution in [2.45, 2.75) is 45.1 Å². The van der Waals surface area contributed by atoms with Crippen LogP contribution in [0.2, 0.25) is 0 Å². The Hall–Kier alpha value is -2.56. The summed E-state index contributed by atoms with van der Waals surface area (Å²) in [5.74, 6) is 2.71. The molecule has 5 heteroatoms. The van der Waals surface area contributed by atoms with Gasteiger partial charge >= 0.3 is 0 Å². The molecule has 1 saturated carbocycles. The van der Waals surface area contributed by atoms with Gasteiger partial charge in [-0.25, -0.2) is 4.98 Å². The van der Waals surface area contributed by atoms with E-state index in [9.17, 15) is 4.79 Å². The number of aryl methyl sites for hydroxylation is 1. The Morgan fingerprint density at radius 3 is 3.00 bits per heavy atom. The predicted octanol–water partition coefficient (Wildman–Crippen LogP) is 4.37. The number of amides is 1. The fourth-order valence-electron chi connectivity index (χ4n) is 4.26. The summed E-state index contributed by atoms with van der Waals surface area (Å²) >= 11 is 0. The molecule has 0 bridgehead atoms. The number of carbonyl (C=O) groups is 1. The zero-order valence-electron chi connectivity index (χ0n) is 15.7. The van der Waals surface area contributed by atoms with E-state index in [4.69, 9.17) is 4.42 Å². The van der Waals surface area contributed by atoms with E-state index in [0.717, 1.165) is 60.8 Å². The van der Waals surface area contributed by atoms with Gasteiger partial charge in [-0.3, -0.25) is 4.79 Å². The third kappa shape index (κ3) is 3.15. The summed E-state index contributed by atoms with van der Waals surface area (Å²) in [7, 11) is 0. The molecule has 27 heavy (non-hydrogen) atoms. The number of hydrogen-bond acceptors (Lipinski definition) is 3. The number of likely N-dealkylation sites (tertiary alicyclic amines) is 1. The number of rotatable bonds is 4. The van der Waals surface area contributed by atoms with Crippen LogP contribution in [-0.4, -0.2) is 33.4 Å². The standard InChI is InChI=1S/C22H25N3O2/c1-15-4-2-5-17-12-19(27-20(15)17)22(26)25-10-3-6-18(14-25)21-23-9-11-24(21)13-16-7-8-16/h2,4-5,9,11-12,16,18H,3,6-8,10,13-14H2,1H3/t18-/m0/s1. The molecule has 2 fully saturated rings. The summed E-state index contributed by atoms with van der Waals surface area (Å²) in [4.78, 5) is 19.7. The summed E-state index contributed by atoms with van der Waals surface area (Å²) in [5, 5.41) is 0.992. The van der Waals surface area contributed by atoms with Crippen LogP contribution in [0.1, 0.15) is 53.5 Å². The molecule has 3 aromatic rings. The van der Waals surface area contributed by atoms with Crippen molar-refractivity contribution >= 4 is 16.9 Å². The molecule has 2 aromatic heterocycles. The molecule has 0 radical (unpaired) electrons. The lowest BCUT2D eigenvalue weighted by Crippen LogP contribution is -2.39. The average molecular weight is 363 g/mol. The molecule has 0 spiro atoms. The highest BCUT2D eigenvalue weighted by atomic mass is 16.3. The quantitative estimate of drug-likeness (QED) is 0.692. The number of fused-ring (bicyclic) bond motifs is 1. The van der Waals surface area contributed by atoms with Gasteiger partial charge in [0, 0.05) is 43.3 Å². The molecule has 3 heterocycles. The molecule has 1 aromatic carbocycles. The fraction of sp³-hybridized carbons (Fsp3) is 0.455. The number of nitrogens with zero attached hydrogens (tertiary/aromatic N) is 3. The topological polar surface area (TPSA) is 51.3 Å². The first-order valence-corrected chi connectivity index (χ1v) is 9.98. The lowest BCUT2D eigenvalue weighted by Gasteiger charge is -2.32. The van der Waals surface area contributed by atoms with Crippen molar-refractivity contribution in [1.82, 2.24) is 14.5 Å². The molecule has 1 saturated heterocycles. The van der Waals surface area contributed by atoms with Crippen LogP contribution in [0.25, 0.3) is 11.0 Å². The van der Waals surface area contributed by atoms with Crippen molar-refractivity contribution in [2.24, 2.45) is 5.92 Å². The first kappa shape index (κ1) is 16.6. The van der Waals surface area contributed by atoms with E-state index in [-0.39, 0.29) is 5.91 Å². The van der Waals surface area contributed by atoms with Crippen molar-refractivity contribution in [1.29, 1.82) is 0 Å². The van der Waals surface area contributed by atoms with E-state index >= 15 is 0 Å². The van der Waals surface area contributed by atoms with E-state index in [1.165, 1.54) is 12.8 Å². The van der Waals surface area contributed by atoms with E-state index in [1.54, 1.807) is 0 Å². The molecule has 0 N–H and O–H groups in total. The molecular weight excluding hydrogens is 338 g/mol. The van der Waals surface area contributed by atoms with Gasteiger partial charge in [0.2, 0.25) is 0 Å². The minimum absolute atomic E-state index is 0.00407. The summed E-state index contributed by atoms with van der Waals surface area (Å²) in [6, 6.07) is 7.88. The second kappa shape index (κ2) is 6.55. The average Bonchev–Trinajstić information content (AvgIpc) is 3.19. The van der Waals surface area contributed by atoms with Crippen molar-refractivity contribution in [2.75, 3.05) is 13.1 Å². The first-order chi connectivity index (χ1) is 13.2. The van der Waals surface area contributed by atoms with E-state index in [0.29, 0.717) is 11.7 Å². The SMILES string of the molecule is Cc1cccc2cc(C(=O)N3CCC[C@H](c4nccn4CC4CC4)C3)oc12. The van der Waals surface area contributed by atoms with E-state index in [1.807, 2.05) is 42.3 Å². The molecule has 1 aliphatic heterocycles. The predicted molar refractivity (Wildman–Crippen MR) is 104 cm³/mol. The first-order valence-electron chi connectivity index (χ1n) is 9.98. The molecular formula is C22H25N3O2. The van der Waals surface area contributed by atoms with Gasteiger partial charge in [0.15, 0.2) is 5.76 Å². The Kier molecular flexibility index (Phi) is 4.03. The Balaban J connectivity index is 1.36. The van der Waals surface area contributed by atoms with Gasteiger partial charge < -0.3 is 13.9 Å². The number of aromatic nitrogens is 2. The van der Waals surface area contributed by atoms with E-state index in [2.05, 4.69) is 15.7 Å². The molecule has 0 unspecified atom stereocenters. The summed E-state index contributed by atoms with van der Waals surface area (Å²) < 4.78 is 8.22. The van der Waals surface area contributed by atoms with Crippen LogP contribution in [0.4, 0.5) is 0 Å². The number of benzene rings is 1. The number of piperidine rings is 1. The minimum Gasteiger partial charge on any atom is -0.451 e. The number of furan rings is 1. The lowest BCUT2D eigenvalue weighted by atomic mass is 9.96. The maximum absolute atomic E-state index is 13.1. The van der Waals surface area contributed by atoms with Crippen LogP contribution in [0.15, 0.2) is 41.1 Å². The van der Waals surface area contributed by atoms with Gasteiger partial charge in [-0.2, -0.15) is 0 Å². The van der Waals surface area contributed by atoms with Crippen LogP contribution < -0.4 is 0 Å². The van der Waals surface area contributed by atoms with Gasteiger partial charge in [-0.05, 0) is 50.2 Å². The van der Waals surface area contributed by atoms with Crippen molar-refractivity contribution < 1.29 is 9.21 Å². The van der Waals surface area contributed by atoms with Crippen molar-refractivity contribution in [3.8, 4) is 0 Å². The molecule has 1 aliphatic carbocycles. The smallest absolute Gasteiger partial charge is 0.289 e. The van der Waals surface area contributed by atoms with Crippen LogP contribution >= 0.6 is 0 Å². The summed E-state index contributed by atoms with van der Waals surface area (Å²) in [5.41, 5.74) is 1.87. The normalized spacial score (nSPS) is 20.3. The lowest BCUT2D eigenvalue weighted by molar-refractivity contribution is 0.0673. The number of hydrogen-bond donors (Lipinski definition) is 0. The Morgan fingerprint density at radius 2 is 2.19 bits per heavy atom. The van der Waals surface area contributed by atoms with Gasteiger partial charge in [0.1, 0.15) is 11.4 Å². The van der Waals surface area contributed by atoms with Crippen molar-refractivity contribution in [3.63, 3.8) is 0 Å². The highest BCUT2D eigenvalue weighted by Crippen LogP contribution is 2.33. The monoisotopic (exact) mass is 363 g/mol. The Labute approximate surface area is 159 Å². The van der Waals surface area contributed by atoms with Crippen LogP contribution in [0.3, 0.4) is 0 Å². The van der Waals surface area contributed by atoms with Gasteiger partial charge in [0.25, 0.3) is 5.91 Å². The maximum Gasteiger partial charge on any atom is 0.289 e. The molecule has 1 amide bonds. The summed E-state index contributed by atoms with van der Waals surface area (Å²) in [6.07, 6.45) is 8.75. The number of para-hydroxylation sites is 1. The summed E-state index contributed by atoms with van der Waals surface area (Å²) in [6.45, 7) is 4.59. The zero-order valence-corrected chi connectivity index (χ0v) is 15.7. The molecule has 140 valence electrons. The second-order valence-electron chi connectivity index (χ2n) is 8.08. The third-order valence-electron chi connectivity index (χ3n) is 5.93. The zero-order chi connectivity index (χ0) is 18.4.